The molecule has 0 aliphatic rings. The summed E-state index contributed by atoms with van der Waals surface area (Å²) in [6.07, 6.45) is 3.75. The highest BCUT2D eigenvalue weighted by atomic mass is 16.5. The second kappa shape index (κ2) is 6.57. The quantitative estimate of drug-likeness (QED) is 0.874. The van der Waals surface area contributed by atoms with E-state index in [9.17, 15) is 0 Å². The van der Waals surface area contributed by atoms with E-state index in [4.69, 9.17) is 10.5 Å². The normalized spacial score (nSPS) is 10.7. The molecule has 1 aromatic heterocycles. The summed E-state index contributed by atoms with van der Waals surface area (Å²) >= 11 is 0. The molecule has 0 bridgehead atoms. The third-order valence-electron chi connectivity index (χ3n) is 2.40. The summed E-state index contributed by atoms with van der Waals surface area (Å²) in [4.78, 5) is 4.36. The predicted octanol–water partition coefficient (Wildman–Crippen LogP) is 2.63. The Morgan fingerprint density at radius 3 is 2.67 bits per heavy atom. The summed E-state index contributed by atoms with van der Waals surface area (Å²) < 4.78 is 5.64. The van der Waals surface area contributed by atoms with Crippen LogP contribution in [0.15, 0.2) is 54.6 Å². The number of hydrogen-bond acceptors (Lipinski definition) is 3. The van der Waals surface area contributed by atoms with Crippen molar-refractivity contribution in [2.24, 2.45) is 5.73 Å². The third-order valence-corrected chi connectivity index (χ3v) is 2.40. The standard InChI is InChI=1S/C15H16N2O/c16-11-5-9-14-8-4-10-15(17-14)18-12-13-6-2-1-3-7-13/h1-10H,11-12,16H2/b9-5+. The Kier molecular flexibility index (Phi) is 4.50. The van der Waals surface area contributed by atoms with Crippen LogP contribution in [0.3, 0.4) is 0 Å². The Balaban J connectivity index is 1.99. The van der Waals surface area contributed by atoms with E-state index in [0.29, 0.717) is 19.0 Å². The minimum Gasteiger partial charge on any atom is -0.473 e. The molecule has 3 nitrogen and oxygen atoms in total. The topological polar surface area (TPSA) is 48.1 Å². The van der Waals surface area contributed by atoms with Crippen molar-refractivity contribution in [3.8, 4) is 5.88 Å². The molecule has 0 aliphatic heterocycles. The average Bonchev–Trinajstić information content (AvgIpc) is 2.44. The fourth-order valence-corrected chi connectivity index (χ4v) is 1.52. The van der Waals surface area contributed by atoms with E-state index in [0.717, 1.165) is 11.3 Å². The molecule has 0 spiro atoms. The van der Waals surface area contributed by atoms with E-state index >= 15 is 0 Å². The molecule has 0 atom stereocenters. The molecule has 0 fully saturated rings. The number of hydrogen-bond donors (Lipinski definition) is 1. The Morgan fingerprint density at radius 2 is 1.89 bits per heavy atom. The maximum atomic E-state index is 5.64. The number of pyridine rings is 1. The van der Waals surface area contributed by atoms with Gasteiger partial charge in [0, 0.05) is 12.6 Å². The van der Waals surface area contributed by atoms with Crippen LogP contribution in [-0.2, 0) is 6.61 Å². The van der Waals surface area contributed by atoms with Gasteiger partial charge in [-0.1, -0.05) is 42.5 Å². The van der Waals surface area contributed by atoms with Gasteiger partial charge in [-0.05, 0) is 17.7 Å². The molecular formula is C15H16N2O. The van der Waals surface area contributed by atoms with Crippen molar-refractivity contribution in [3.63, 3.8) is 0 Å². The molecule has 1 heterocycles. The maximum Gasteiger partial charge on any atom is 0.214 e. The molecule has 2 aromatic rings. The molecule has 0 saturated heterocycles. The highest BCUT2D eigenvalue weighted by Gasteiger charge is 1.97. The van der Waals surface area contributed by atoms with Crippen LogP contribution in [0.2, 0.25) is 0 Å². The SMILES string of the molecule is NC/C=C/c1cccc(OCc2ccccc2)n1. The van der Waals surface area contributed by atoms with Gasteiger partial charge in [0.2, 0.25) is 5.88 Å². The van der Waals surface area contributed by atoms with Crippen LogP contribution in [0, 0.1) is 0 Å². The van der Waals surface area contributed by atoms with Gasteiger partial charge in [-0.3, -0.25) is 0 Å². The van der Waals surface area contributed by atoms with Gasteiger partial charge < -0.3 is 10.5 Å². The first kappa shape index (κ1) is 12.3. The number of nitrogens with zero attached hydrogens (tertiary/aromatic N) is 1. The van der Waals surface area contributed by atoms with Gasteiger partial charge >= 0.3 is 0 Å². The fraction of sp³-hybridized carbons (Fsp3) is 0.133. The van der Waals surface area contributed by atoms with Crippen molar-refractivity contribution in [3.05, 3.63) is 65.9 Å². The van der Waals surface area contributed by atoms with Crippen LogP contribution >= 0.6 is 0 Å². The smallest absolute Gasteiger partial charge is 0.214 e. The molecule has 18 heavy (non-hydrogen) atoms. The number of ether oxygens (including phenoxy) is 1. The second-order valence-electron chi connectivity index (χ2n) is 3.81. The van der Waals surface area contributed by atoms with Gasteiger partial charge in [0.1, 0.15) is 6.61 Å². The summed E-state index contributed by atoms with van der Waals surface area (Å²) in [5.41, 5.74) is 7.38. The maximum absolute atomic E-state index is 5.64. The number of benzene rings is 1. The van der Waals surface area contributed by atoms with Gasteiger partial charge in [0.05, 0.1) is 5.69 Å². The zero-order valence-electron chi connectivity index (χ0n) is 10.1. The Morgan fingerprint density at radius 1 is 1.06 bits per heavy atom. The predicted molar refractivity (Wildman–Crippen MR) is 73.1 cm³/mol. The lowest BCUT2D eigenvalue weighted by Gasteiger charge is -2.05. The first-order chi connectivity index (χ1) is 8.88. The highest BCUT2D eigenvalue weighted by Crippen LogP contribution is 2.11. The van der Waals surface area contributed by atoms with Crippen LogP contribution in [0.4, 0.5) is 0 Å². The van der Waals surface area contributed by atoms with Gasteiger partial charge in [-0.2, -0.15) is 0 Å². The molecular weight excluding hydrogens is 224 g/mol. The van der Waals surface area contributed by atoms with E-state index in [2.05, 4.69) is 4.98 Å². The molecule has 3 heteroatoms. The van der Waals surface area contributed by atoms with Crippen molar-refractivity contribution in [2.45, 2.75) is 6.61 Å². The lowest BCUT2D eigenvalue weighted by Crippen LogP contribution is -1.98. The number of rotatable bonds is 5. The number of aromatic nitrogens is 1. The second-order valence-corrected chi connectivity index (χ2v) is 3.81. The van der Waals surface area contributed by atoms with Crippen LogP contribution < -0.4 is 10.5 Å². The summed E-state index contributed by atoms with van der Waals surface area (Å²) in [5, 5.41) is 0. The minimum absolute atomic E-state index is 0.511. The average molecular weight is 240 g/mol. The van der Waals surface area contributed by atoms with Crippen molar-refractivity contribution >= 4 is 6.08 Å². The van der Waals surface area contributed by atoms with E-state index in [1.807, 2.05) is 60.7 Å². The van der Waals surface area contributed by atoms with Crippen LogP contribution in [0.25, 0.3) is 6.08 Å². The Labute approximate surface area is 107 Å². The zero-order chi connectivity index (χ0) is 12.6. The molecule has 0 unspecified atom stereocenters. The molecule has 2 N–H and O–H groups in total. The summed E-state index contributed by atoms with van der Waals surface area (Å²) in [6.45, 7) is 1.04. The molecule has 0 amide bonds. The summed E-state index contributed by atoms with van der Waals surface area (Å²) in [5.74, 6) is 0.623. The van der Waals surface area contributed by atoms with Gasteiger partial charge in [0.15, 0.2) is 0 Å². The van der Waals surface area contributed by atoms with Crippen LogP contribution in [0.5, 0.6) is 5.88 Å². The largest absolute Gasteiger partial charge is 0.473 e. The van der Waals surface area contributed by atoms with Gasteiger partial charge in [-0.15, -0.1) is 0 Å². The highest BCUT2D eigenvalue weighted by molar-refractivity contribution is 5.45. The molecule has 0 saturated carbocycles. The molecule has 0 radical (unpaired) electrons. The lowest BCUT2D eigenvalue weighted by atomic mass is 10.2. The molecule has 92 valence electrons. The van der Waals surface area contributed by atoms with E-state index in [1.165, 1.54) is 0 Å². The lowest BCUT2D eigenvalue weighted by molar-refractivity contribution is 0.294. The summed E-state index contributed by atoms with van der Waals surface area (Å²) in [6, 6.07) is 15.7. The van der Waals surface area contributed by atoms with Crippen molar-refractivity contribution < 1.29 is 4.74 Å². The van der Waals surface area contributed by atoms with Gasteiger partial charge in [-0.25, -0.2) is 4.98 Å². The fourth-order valence-electron chi connectivity index (χ4n) is 1.52. The molecule has 2 rings (SSSR count). The third kappa shape index (κ3) is 3.71. The van der Waals surface area contributed by atoms with Gasteiger partial charge in [0.25, 0.3) is 0 Å². The number of nitrogens with two attached hydrogens (primary N) is 1. The van der Waals surface area contributed by atoms with Crippen LogP contribution in [0.1, 0.15) is 11.3 Å². The monoisotopic (exact) mass is 240 g/mol. The van der Waals surface area contributed by atoms with E-state index in [1.54, 1.807) is 0 Å². The first-order valence-electron chi connectivity index (χ1n) is 5.89. The van der Waals surface area contributed by atoms with Crippen LogP contribution in [-0.4, -0.2) is 11.5 Å². The first-order valence-corrected chi connectivity index (χ1v) is 5.89. The van der Waals surface area contributed by atoms with E-state index < -0.39 is 0 Å². The van der Waals surface area contributed by atoms with E-state index in [-0.39, 0.29) is 0 Å². The minimum atomic E-state index is 0.511. The Hall–Kier alpha value is -2.13. The summed E-state index contributed by atoms with van der Waals surface area (Å²) in [7, 11) is 0. The molecule has 1 aromatic carbocycles. The molecule has 0 aliphatic carbocycles. The van der Waals surface area contributed by atoms with Crippen molar-refractivity contribution in [1.29, 1.82) is 0 Å². The zero-order valence-corrected chi connectivity index (χ0v) is 10.1. The Bertz CT molecular complexity index is 509. The van der Waals surface area contributed by atoms with Crippen molar-refractivity contribution in [2.75, 3.05) is 6.54 Å². The van der Waals surface area contributed by atoms with Crippen molar-refractivity contribution in [1.82, 2.24) is 4.98 Å².